The first kappa shape index (κ1) is 18.5. The number of pyridine rings is 1. The van der Waals surface area contributed by atoms with E-state index in [1.807, 2.05) is 21.9 Å². The summed E-state index contributed by atoms with van der Waals surface area (Å²) < 4.78 is 10.4. The first-order chi connectivity index (χ1) is 13.6. The first-order valence-corrected chi connectivity index (χ1v) is 9.68. The maximum absolute atomic E-state index is 12.7. The summed E-state index contributed by atoms with van der Waals surface area (Å²) in [4.78, 5) is 32.9. The van der Waals surface area contributed by atoms with Gasteiger partial charge in [-0.2, -0.15) is 0 Å². The standard InChI is InChI=1S/C21H25N3O4/c1-27-19-3-2-17(28-19)20(26)23-12-8-21(9-13-23)7-4-18(25)24(15-21)14-16-5-10-22-11-6-16/h2-3,5-6,10-11H,4,7-9,12-15H2,1H3. The molecule has 2 aliphatic rings. The van der Waals surface area contributed by atoms with Crippen molar-refractivity contribution in [3.8, 4) is 5.95 Å². The van der Waals surface area contributed by atoms with Crippen LogP contribution in [0.2, 0.25) is 0 Å². The Labute approximate surface area is 164 Å². The Kier molecular flexibility index (Phi) is 5.07. The van der Waals surface area contributed by atoms with Crippen molar-refractivity contribution in [1.29, 1.82) is 0 Å². The number of carbonyl (C=O) groups is 2. The summed E-state index contributed by atoms with van der Waals surface area (Å²) in [6, 6.07) is 7.21. The summed E-state index contributed by atoms with van der Waals surface area (Å²) in [5.74, 6) is 0.766. The number of hydrogen-bond acceptors (Lipinski definition) is 5. The Morgan fingerprint density at radius 1 is 1.18 bits per heavy atom. The second kappa shape index (κ2) is 7.66. The number of hydrogen-bond donors (Lipinski definition) is 0. The lowest BCUT2D eigenvalue weighted by molar-refractivity contribution is -0.139. The lowest BCUT2D eigenvalue weighted by Crippen LogP contribution is -2.52. The van der Waals surface area contributed by atoms with Gasteiger partial charge in [0.25, 0.3) is 11.9 Å². The molecule has 2 saturated heterocycles. The third-order valence-electron chi connectivity index (χ3n) is 5.98. The zero-order valence-corrected chi connectivity index (χ0v) is 16.1. The number of ether oxygens (including phenoxy) is 1. The Morgan fingerprint density at radius 2 is 1.93 bits per heavy atom. The van der Waals surface area contributed by atoms with E-state index in [0.717, 1.165) is 31.4 Å². The quantitative estimate of drug-likeness (QED) is 0.811. The molecule has 2 aromatic heterocycles. The number of aromatic nitrogens is 1. The molecule has 0 unspecified atom stereocenters. The summed E-state index contributed by atoms with van der Waals surface area (Å²) in [6.45, 7) is 2.74. The molecule has 4 heterocycles. The number of rotatable bonds is 4. The van der Waals surface area contributed by atoms with E-state index >= 15 is 0 Å². The molecule has 7 heteroatoms. The number of methoxy groups -OCH3 is 1. The van der Waals surface area contributed by atoms with Gasteiger partial charge in [-0.3, -0.25) is 14.6 Å². The molecule has 2 aliphatic heterocycles. The van der Waals surface area contributed by atoms with E-state index < -0.39 is 0 Å². The second-order valence-corrected chi connectivity index (χ2v) is 7.72. The lowest BCUT2D eigenvalue weighted by Gasteiger charge is -2.47. The minimum absolute atomic E-state index is 0.0958. The summed E-state index contributed by atoms with van der Waals surface area (Å²) in [5, 5.41) is 0. The van der Waals surface area contributed by atoms with Crippen molar-refractivity contribution in [3.05, 3.63) is 48.0 Å². The summed E-state index contributed by atoms with van der Waals surface area (Å²) in [5.41, 5.74) is 1.19. The van der Waals surface area contributed by atoms with E-state index in [2.05, 4.69) is 4.98 Å². The Balaban J connectivity index is 1.38. The van der Waals surface area contributed by atoms with Crippen LogP contribution in [0.4, 0.5) is 0 Å². The van der Waals surface area contributed by atoms with Gasteiger partial charge in [-0.15, -0.1) is 0 Å². The molecule has 0 aromatic carbocycles. The molecule has 0 bridgehead atoms. The van der Waals surface area contributed by atoms with Crippen LogP contribution in [0.3, 0.4) is 0 Å². The molecular formula is C21H25N3O4. The molecule has 1 spiro atoms. The van der Waals surface area contributed by atoms with Crippen molar-refractivity contribution in [3.63, 3.8) is 0 Å². The van der Waals surface area contributed by atoms with Gasteiger partial charge in [0.2, 0.25) is 5.91 Å². The molecule has 2 aromatic rings. The maximum atomic E-state index is 12.7. The fraction of sp³-hybridized carbons (Fsp3) is 0.476. The maximum Gasteiger partial charge on any atom is 0.289 e. The largest absolute Gasteiger partial charge is 0.468 e. The van der Waals surface area contributed by atoms with Gasteiger partial charge < -0.3 is 19.0 Å². The minimum Gasteiger partial charge on any atom is -0.468 e. The molecule has 28 heavy (non-hydrogen) atoms. The smallest absolute Gasteiger partial charge is 0.289 e. The SMILES string of the molecule is COc1ccc(C(=O)N2CCC3(CCC(=O)N(Cc4ccncc4)C3)CC2)o1. The molecule has 7 nitrogen and oxygen atoms in total. The Hall–Kier alpha value is -2.83. The molecule has 2 amide bonds. The number of amides is 2. The first-order valence-electron chi connectivity index (χ1n) is 9.68. The van der Waals surface area contributed by atoms with Crippen LogP contribution in [0.1, 0.15) is 41.8 Å². The minimum atomic E-state index is -0.0984. The van der Waals surface area contributed by atoms with Crippen LogP contribution in [0.25, 0.3) is 0 Å². The average molecular weight is 383 g/mol. The number of piperidine rings is 2. The van der Waals surface area contributed by atoms with Gasteiger partial charge in [-0.05, 0) is 48.4 Å². The summed E-state index contributed by atoms with van der Waals surface area (Å²) in [6.07, 6.45) is 6.79. The van der Waals surface area contributed by atoms with Crippen molar-refractivity contribution in [2.24, 2.45) is 5.41 Å². The molecule has 0 N–H and O–H groups in total. The van der Waals surface area contributed by atoms with Crippen LogP contribution in [0, 0.1) is 5.41 Å². The van der Waals surface area contributed by atoms with E-state index in [9.17, 15) is 9.59 Å². The van der Waals surface area contributed by atoms with Gasteiger partial charge in [0.05, 0.1) is 7.11 Å². The second-order valence-electron chi connectivity index (χ2n) is 7.72. The Bertz CT molecular complexity index is 840. The lowest BCUT2D eigenvalue weighted by atomic mass is 9.72. The Morgan fingerprint density at radius 3 is 2.61 bits per heavy atom. The number of furan rings is 1. The van der Waals surface area contributed by atoms with E-state index in [1.165, 1.54) is 7.11 Å². The van der Waals surface area contributed by atoms with Gasteiger partial charge in [0, 0.05) is 51.1 Å². The van der Waals surface area contributed by atoms with Gasteiger partial charge >= 0.3 is 0 Å². The van der Waals surface area contributed by atoms with E-state index in [-0.39, 0.29) is 17.2 Å². The summed E-state index contributed by atoms with van der Waals surface area (Å²) >= 11 is 0. The molecule has 4 rings (SSSR count). The molecule has 0 atom stereocenters. The highest BCUT2D eigenvalue weighted by molar-refractivity contribution is 5.91. The zero-order chi connectivity index (χ0) is 19.6. The predicted molar refractivity (Wildman–Crippen MR) is 102 cm³/mol. The molecule has 0 radical (unpaired) electrons. The van der Waals surface area contributed by atoms with Gasteiger partial charge in [0.15, 0.2) is 5.76 Å². The zero-order valence-electron chi connectivity index (χ0n) is 16.1. The third kappa shape index (κ3) is 3.74. The van der Waals surface area contributed by atoms with Crippen LogP contribution in [0.15, 0.2) is 41.1 Å². The van der Waals surface area contributed by atoms with Crippen LogP contribution >= 0.6 is 0 Å². The number of carbonyl (C=O) groups excluding carboxylic acids is 2. The fourth-order valence-corrected chi connectivity index (χ4v) is 4.25. The number of nitrogens with zero attached hydrogens (tertiary/aromatic N) is 3. The van der Waals surface area contributed by atoms with Crippen LogP contribution < -0.4 is 4.74 Å². The summed E-state index contributed by atoms with van der Waals surface area (Å²) in [7, 11) is 1.51. The van der Waals surface area contributed by atoms with E-state index in [0.29, 0.717) is 37.8 Å². The van der Waals surface area contributed by atoms with Crippen molar-refractivity contribution in [2.45, 2.75) is 32.2 Å². The monoisotopic (exact) mass is 383 g/mol. The van der Waals surface area contributed by atoms with Gasteiger partial charge in [-0.1, -0.05) is 0 Å². The predicted octanol–water partition coefficient (Wildman–Crippen LogP) is 2.73. The van der Waals surface area contributed by atoms with Crippen molar-refractivity contribution >= 4 is 11.8 Å². The van der Waals surface area contributed by atoms with Crippen molar-refractivity contribution in [1.82, 2.24) is 14.8 Å². The molecule has 2 fully saturated rings. The molecule has 0 saturated carbocycles. The highest BCUT2D eigenvalue weighted by atomic mass is 16.6. The highest BCUT2D eigenvalue weighted by Gasteiger charge is 2.42. The van der Waals surface area contributed by atoms with Crippen molar-refractivity contribution in [2.75, 3.05) is 26.7 Å². The van der Waals surface area contributed by atoms with Crippen molar-refractivity contribution < 1.29 is 18.7 Å². The number of likely N-dealkylation sites (tertiary alicyclic amines) is 2. The van der Waals surface area contributed by atoms with Crippen LogP contribution in [-0.4, -0.2) is 53.3 Å². The third-order valence-corrected chi connectivity index (χ3v) is 5.98. The molecular weight excluding hydrogens is 358 g/mol. The molecule has 0 aliphatic carbocycles. The van der Waals surface area contributed by atoms with Gasteiger partial charge in [0.1, 0.15) is 0 Å². The highest BCUT2D eigenvalue weighted by Crippen LogP contribution is 2.41. The fourth-order valence-electron chi connectivity index (χ4n) is 4.25. The topological polar surface area (TPSA) is 75.9 Å². The van der Waals surface area contributed by atoms with E-state index in [1.54, 1.807) is 24.5 Å². The van der Waals surface area contributed by atoms with Gasteiger partial charge in [-0.25, -0.2) is 0 Å². The molecule has 148 valence electrons. The average Bonchev–Trinajstić information content (AvgIpc) is 3.21. The van der Waals surface area contributed by atoms with Crippen LogP contribution in [-0.2, 0) is 11.3 Å². The normalized spacial score (nSPS) is 19.1. The van der Waals surface area contributed by atoms with Crippen LogP contribution in [0.5, 0.6) is 5.95 Å². The van der Waals surface area contributed by atoms with E-state index in [4.69, 9.17) is 9.15 Å².